The maximum absolute atomic E-state index is 11.8. The number of carboxylic acids is 1. The highest BCUT2D eigenvalue weighted by Crippen LogP contribution is 2.12. The normalized spacial score (nSPS) is 11.3. The van der Waals surface area contributed by atoms with E-state index >= 15 is 0 Å². The van der Waals surface area contributed by atoms with E-state index in [0.717, 1.165) is 44.9 Å². The third-order valence-corrected chi connectivity index (χ3v) is 5.94. The lowest BCUT2D eigenvalue weighted by Crippen LogP contribution is -2.05. The molecule has 0 aromatic heterocycles. The van der Waals surface area contributed by atoms with Crippen molar-refractivity contribution in [1.29, 1.82) is 0 Å². The summed E-state index contributed by atoms with van der Waals surface area (Å²) in [6.07, 6.45) is 29.1. The molecule has 1 N–H and O–H groups in total. The Morgan fingerprint density at radius 2 is 1.03 bits per heavy atom. The lowest BCUT2D eigenvalue weighted by molar-refractivity contribution is -0.144. The minimum Gasteiger partial charge on any atom is -0.481 e. The molecule has 0 aliphatic rings. The topological polar surface area (TPSA) is 63.6 Å². The first kappa shape index (κ1) is 30.7. The van der Waals surface area contributed by atoms with Gasteiger partial charge in [-0.3, -0.25) is 9.59 Å². The monoisotopic (exact) mass is 452 g/mol. The highest BCUT2D eigenvalue weighted by Gasteiger charge is 2.02. The van der Waals surface area contributed by atoms with Crippen LogP contribution in [-0.4, -0.2) is 23.7 Å². The zero-order valence-corrected chi connectivity index (χ0v) is 21.1. The van der Waals surface area contributed by atoms with Crippen molar-refractivity contribution in [2.75, 3.05) is 6.61 Å². The summed E-state index contributed by atoms with van der Waals surface area (Å²) >= 11 is 0. The fraction of sp³-hybridized carbons (Fsp3) is 0.857. The molecule has 4 nitrogen and oxygen atoms in total. The number of hydrogen-bond acceptors (Lipinski definition) is 3. The summed E-state index contributed by atoms with van der Waals surface area (Å²) in [4.78, 5) is 22.2. The number of carboxylic acid groups (broad SMARTS) is 1. The van der Waals surface area contributed by atoms with Crippen molar-refractivity contribution in [1.82, 2.24) is 0 Å². The molecule has 0 fully saturated rings. The molecule has 0 radical (unpaired) electrons. The van der Waals surface area contributed by atoms with E-state index in [9.17, 15) is 9.59 Å². The molecule has 0 rings (SSSR count). The van der Waals surface area contributed by atoms with Crippen molar-refractivity contribution < 1.29 is 19.4 Å². The Morgan fingerprint density at radius 3 is 1.56 bits per heavy atom. The quantitative estimate of drug-likeness (QED) is 0.0854. The second-order valence-corrected chi connectivity index (χ2v) is 9.17. The van der Waals surface area contributed by atoms with Crippen molar-refractivity contribution in [3.63, 3.8) is 0 Å². The van der Waals surface area contributed by atoms with Gasteiger partial charge in [-0.05, 0) is 38.5 Å². The van der Waals surface area contributed by atoms with Gasteiger partial charge in [-0.15, -0.1) is 0 Å². The molecule has 0 amide bonds. The van der Waals surface area contributed by atoms with Gasteiger partial charge in [0, 0.05) is 12.8 Å². The minimum absolute atomic E-state index is 0.0211. The van der Waals surface area contributed by atoms with E-state index in [1.165, 1.54) is 83.5 Å². The van der Waals surface area contributed by atoms with E-state index < -0.39 is 5.97 Å². The SMILES string of the molecule is CCCC/C=C\CCCCCCCC(=O)OCCCCCCCCCCCCCC(=O)O. The Bertz CT molecular complexity index is 445. The number of unbranched alkanes of at least 4 members (excludes halogenated alkanes) is 17. The summed E-state index contributed by atoms with van der Waals surface area (Å²) in [5.41, 5.74) is 0. The van der Waals surface area contributed by atoms with Gasteiger partial charge in [0.25, 0.3) is 0 Å². The number of aliphatic carboxylic acids is 1. The van der Waals surface area contributed by atoms with E-state index in [4.69, 9.17) is 9.84 Å². The molecule has 0 aliphatic heterocycles. The molecule has 0 saturated heterocycles. The first-order valence-electron chi connectivity index (χ1n) is 13.7. The van der Waals surface area contributed by atoms with Gasteiger partial charge in [0.05, 0.1) is 6.61 Å². The molecule has 32 heavy (non-hydrogen) atoms. The summed E-state index contributed by atoms with van der Waals surface area (Å²) < 4.78 is 5.36. The van der Waals surface area contributed by atoms with Crippen LogP contribution in [0.25, 0.3) is 0 Å². The second-order valence-electron chi connectivity index (χ2n) is 9.17. The number of allylic oxidation sites excluding steroid dienone is 2. The van der Waals surface area contributed by atoms with Crippen LogP contribution in [0.15, 0.2) is 12.2 Å². The highest BCUT2D eigenvalue weighted by atomic mass is 16.5. The van der Waals surface area contributed by atoms with Gasteiger partial charge < -0.3 is 9.84 Å². The van der Waals surface area contributed by atoms with Crippen LogP contribution in [0, 0.1) is 0 Å². The van der Waals surface area contributed by atoms with Gasteiger partial charge in [-0.2, -0.15) is 0 Å². The van der Waals surface area contributed by atoms with Gasteiger partial charge in [0.1, 0.15) is 0 Å². The molecular weight excluding hydrogens is 400 g/mol. The van der Waals surface area contributed by atoms with Crippen LogP contribution < -0.4 is 0 Å². The molecule has 0 saturated carbocycles. The number of rotatable bonds is 25. The summed E-state index contributed by atoms with van der Waals surface area (Å²) in [5.74, 6) is -0.700. The maximum Gasteiger partial charge on any atom is 0.305 e. The Hall–Kier alpha value is -1.32. The van der Waals surface area contributed by atoms with Crippen LogP contribution >= 0.6 is 0 Å². The van der Waals surface area contributed by atoms with Gasteiger partial charge >= 0.3 is 11.9 Å². The first-order chi connectivity index (χ1) is 15.7. The minimum atomic E-state index is -0.678. The van der Waals surface area contributed by atoms with Gasteiger partial charge in [0.2, 0.25) is 0 Å². The fourth-order valence-electron chi connectivity index (χ4n) is 3.85. The number of carbonyl (C=O) groups is 2. The van der Waals surface area contributed by atoms with Crippen LogP contribution in [0.2, 0.25) is 0 Å². The standard InChI is InChI=1S/C28H52O4/c1-2-3-4-5-6-7-9-13-16-19-22-25-28(31)32-26-23-20-17-14-11-8-10-12-15-18-21-24-27(29)30/h5-6H,2-4,7-26H2,1H3,(H,29,30)/b6-5-. The Kier molecular flexibility index (Phi) is 24.9. The van der Waals surface area contributed by atoms with Crippen LogP contribution in [-0.2, 0) is 14.3 Å². The number of hydrogen-bond donors (Lipinski definition) is 1. The van der Waals surface area contributed by atoms with Gasteiger partial charge in [-0.1, -0.05) is 109 Å². The Morgan fingerprint density at radius 1 is 0.594 bits per heavy atom. The smallest absolute Gasteiger partial charge is 0.305 e. The van der Waals surface area contributed by atoms with Crippen LogP contribution in [0.1, 0.15) is 148 Å². The molecule has 0 aromatic carbocycles. The Balaban J connectivity index is 3.19. The van der Waals surface area contributed by atoms with E-state index in [0.29, 0.717) is 19.4 Å². The third kappa shape index (κ3) is 26.7. The maximum atomic E-state index is 11.8. The highest BCUT2D eigenvalue weighted by molar-refractivity contribution is 5.69. The molecule has 0 aliphatic carbocycles. The number of ether oxygens (including phenoxy) is 1. The van der Waals surface area contributed by atoms with Gasteiger partial charge in [-0.25, -0.2) is 0 Å². The zero-order chi connectivity index (χ0) is 23.5. The molecule has 0 spiro atoms. The zero-order valence-electron chi connectivity index (χ0n) is 21.1. The summed E-state index contributed by atoms with van der Waals surface area (Å²) in [5, 5.41) is 8.59. The molecule has 0 unspecified atom stereocenters. The average Bonchev–Trinajstić information content (AvgIpc) is 2.77. The third-order valence-electron chi connectivity index (χ3n) is 5.94. The largest absolute Gasteiger partial charge is 0.481 e. The molecule has 0 aromatic rings. The predicted molar refractivity (Wildman–Crippen MR) is 135 cm³/mol. The van der Waals surface area contributed by atoms with Gasteiger partial charge in [0.15, 0.2) is 0 Å². The summed E-state index contributed by atoms with van der Waals surface area (Å²) in [7, 11) is 0. The van der Waals surface area contributed by atoms with Crippen molar-refractivity contribution in [3.8, 4) is 0 Å². The first-order valence-corrected chi connectivity index (χ1v) is 13.7. The average molecular weight is 453 g/mol. The predicted octanol–water partition coefficient (Wildman–Crippen LogP) is 8.77. The van der Waals surface area contributed by atoms with Crippen molar-refractivity contribution in [2.45, 2.75) is 148 Å². The molecule has 188 valence electrons. The molecule has 0 bridgehead atoms. The van der Waals surface area contributed by atoms with E-state index in [2.05, 4.69) is 19.1 Å². The van der Waals surface area contributed by atoms with E-state index in [-0.39, 0.29) is 5.97 Å². The lowest BCUT2D eigenvalue weighted by Gasteiger charge is -2.05. The Labute approximate surface area is 198 Å². The molecular formula is C28H52O4. The number of carbonyl (C=O) groups excluding carboxylic acids is 1. The summed E-state index contributed by atoms with van der Waals surface area (Å²) in [6, 6.07) is 0. The lowest BCUT2D eigenvalue weighted by atomic mass is 10.1. The van der Waals surface area contributed by atoms with Crippen molar-refractivity contribution in [2.24, 2.45) is 0 Å². The van der Waals surface area contributed by atoms with Crippen LogP contribution in [0.3, 0.4) is 0 Å². The van der Waals surface area contributed by atoms with Crippen LogP contribution in [0.5, 0.6) is 0 Å². The molecule has 0 atom stereocenters. The van der Waals surface area contributed by atoms with E-state index in [1.807, 2.05) is 0 Å². The molecule has 4 heteroatoms. The van der Waals surface area contributed by atoms with Crippen LogP contribution in [0.4, 0.5) is 0 Å². The van der Waals surface area contributed by atoms with Crippen molar-refractivity contribution >= 4 is 11.9 Å². The van der Waals surface area contributed by atoms with Crippen molar-refractivity contribution in [3.05, 3.63) is 12.2 Å². The number of esters is 1. The van der Waals surface area contributed by atoms with E-state index in [1.54, 1.807) is 0 Å². The fourth-order valence-corrected chi connectivity index (χ4v) is 3.85. The summed E-state index contributed by atoms with van der Waals surface area (Å²) in [6.45, 7) is 2.81. The molecule has 0 heterocycles. The second kappa shape index (κ2) is 25.9.